The Morgan fingerprint density at radius 3 is 2.82 bits per heavy atom. The van der Waals surface area contributed by atoms with Crippen molar-refractivity contribution in [3.63, 3.8) is 0 Å². The fraction of sp³-hybridized carbons (Fsp3) is 0.370. The van der Waals surface area contributed by atoms with Gasteiger partial charge in [-0.3, -0.25) is 4.98 Å². The summed E-state index contributed by atoms with van der Waals surface area (Å²) < 4.78 is 45.8. The van der Waals surface area contributed by atoms with E-state index in [1.165, 1.54) is 12.1 Å². The summed E-state index contributed by atoms with van der Waals surface area (Å²) in [6.07, 6.45) is 1.24. The number of aryl methyl sites for hydroxylation is 1. The van der Waals surface area contributed by atoms with Gasteiger partial charge in [0.25, 0.3) is 6.01 Å². The Balaban J connectivity index is 1.11. The standard InChI is InChI=1S/C27H23ClF2N4O4/c28-16-8-20-26(34-27(33-20)38-22-11-37-24-21(35)10-36-25(22)24)32-19(16)7-13-2-1-12-5-14(6-17(30)23(12)13)18-4-3-15(29)9-31-18/h3-6,8-9,13,21-22,24-25,35H,1-2,7,10-11H2,(H,32,33,34)/t13?,21-,22-,24-,25-/m1/s1. The normalized spacial score (nSPS) is 26.2. The molecule has 38 heavy (non-hydrogen) atoms. The molecule has 3 aromatic heterocycles. The molecule has 2 saturated heterocycles. The van der Waals surface area contributed by atoms with Crippen LogP contribution in [-0.4, -0.2) is 62.7 Å². The van der Waals surface area contributed by atoms with Crippen LogP contribution in [0.2, 0.25) is 5.02 Å². The number of hydrogen-bond donors (Lipinski definition) is 2. The van der Waals surface area contributed by atoms with Crippen LogP contribution < -0.4 is 4.74 Å². The molecule has 196 valence electrons. The third kappa shape index (κ3) is 4.12. The van der Waals surface area contributed by atoms with Crippen molar-refractivity contribution >= 4 is 22.8 Å². The molecule has 4 aromatic rings. The van der Waals surface area contributed by atoms with E-state index >= 15 is 4.39 Å². The molecule has 0 spiro atoms. The Labute approximate surface area is 220 Å². The number of nitrogens with one attached hydrogen (secondary N) is 1. The van der Waals surface area contributed by atoms with Crippen LogP contribution in [0.4, 0.5) is 8.78 Å². The minimum atomic E-state index is -0.663. The van der Waals surface area contributed by atoms with E-state index in [1.54, 1.807) is 12.1 Å². The van der Waals surface area contributed by atoms with E-state index in [1.807, 2.05) is 6.07 Å². The molecule has 3 aliphatic rings. The van der Waals surface area contributed by atoms with Crippen molar-refractivity contribution < 1.29 is 28.1 Å². The molecule has 2 aliphatic heterocycles. The van der Waals surface area contributed by atoms with Gasteiger partial charge in [-0.15, -0.1) is 0 Å². The van der Waals surface area contributed by atoms with Gasteiger partial charge in [0, 0.05) is 5.56 Å². The van der Waals surface area contributed by atoms with Crippen molar-refractivity contribution in [1.82, 2.24) is 19.9 Å². The Morgan fingerprint density at radius 1 is 1.11 bits per heavy atom. The summed E-state index contributed by atoms with van der Waals surface area (Å²) in [6.45, 7) is 0.500. The van der Waals surface area contributed by atoms with Crippen molar-refractivity contribution in [3.8, 4) is 17.3 Å². The average Bonchev–Trinajstić information content (AvgIpc) is 3.66. The summed E-state index contributed by atoms with van der Waals surface area (Å²) in [5.41, 5.74) is 4.42. The van der Waals surface area contributed by atoms with Gasteiger partial charge in [-0.25, -0.2) is 13.8 Å². The van der Waals surface area contributed by atoms with Crippen molar-refractivity contribution in [2.75, 3.05) is 13.2 Å². The summed E-state index contributed by atoms with van der Waals surface area (Å²) >= 11 is 6.58. The highest BCUT2D eigenvalue weighted by Crippen LogP contribution is 2.40. The molecule has 1 aromatic carbocycles. The fourth-order valence-electron chi connectivity index (χ4n) is 5.76. The predicted octanol–water partition coefficient (Wildman–Crippen LogP) is 4.13. The molecule has 0 amide bonds. The van der Waals surface area contributed by atoms with E-state index in [2.05, 4.69) is 19.9 Å². The quantitative estimate of drug-likeness (QED) is 0.392. The number of aromatic amines is 1. The third-order valence-electron chi connectivity index (χ3n) is 7.57. The number of pyridine rings is 2. The molecular weight excluding hydrogens is 518 g/mol. The number of fused-ring (bicyclic) bond motifs is 3. The first kappa shape index (κ1) is 23.9. The van der Waals surface area contributed by atoms with Crippen molar-refractivity contribution in [2.24, 2.45) is 0 Å². The number of aliphatic hydroxyl groups is 1. The number of rotatable bonds is 5. The summed E-state index contributed by atoms with van der Waals surface area (Å²) in [5.74, 6) is -0.831. The van der Waals surface area contributed by atoms with Gasteiger partial charge >= 0.3 is 0 Å². The second-order valence-electron chi connectivity index (χ2n) is 9.98. The Hall–Kier alpha value is -3.18. The van der Waals surface area contributed by atoms with E-state index in [9.17, 15) is 9.50 Å². The molecule has 5 heterocycles. The molecule has 1 unspecified atom stereocenters. The van der Waals surface area contributed by atoms with Gasteiger partial charge in [-0.2, -0.15) is 4.98 Å². The van der Waals surface area contributed by atoms with Gasteiger partial charge < -0.3 is 24.3 Å². The van der Waals surface area contributed by atoms with E-state index in [0.717, 1.165) is 18.2 Å². The smallest absolute Gasteiger partial charge is 0.296 e. The van der Waals surface area contributed by atoms with Crippen LogP contribution in [0, 0.1) is 11.6 Å². The molecular formula is C27H23ClF2N4O4. The molecule has 8 nitrogen and oxygen atoms in total. The SMILES string of the molecule is O[C@@H]1CO[C@H]2[C@@H]1OC[C@H]2Oc1nc2nc(CC3CCc4cc(-c5ccc(F)cn5)cc(F)c43)c(Cl)cc2[nH]1. The highest BCUT2D eigenvalue weighted by atomic mass is 35.5. The second-order valence-corrected chi connectivity index (χ2v) is 10.4. The fourth-order valence-corrected chi connectivity index (χ4v) is 5.99. The average molecular weight is 541 g/mol. The molecule has 2 N–H and O–H groups in total. The predicted molar refractivity (Wildman–Crippen MR) is 133 cm³/mol. The van der Waals surface area contributed by atoms with E-state index in [4.69, 9.17) is 25.8 Å². The van der Waals surface area contributed by atoms with Crippen LogP contribution in [0.15, 0.2) is 36.5 Å². The number of H-pyrrole nitrogens is 1. The molecule has 11 heteroatoms. The summed E-state index contributed by atoms with van der Waals surface area (Å²) in [4.78, 5) is 16.3. The Bertz CT molecular complexity index is 1530. The van der Waals surface area contributed by atoms with Crippen molar-refractivity contribution in [1.29, 1.82) is 0 Å². The summed E-state index contributed by atoms with van der Waals surface area (Å²) in [7, 11) is 0. The first-order valence-electron chi connectivity index (χ1n) is 12.5. The number of benzene rings is 1. The van der Waals surface area contributed by atoms with Crippen LogP contribution in [-0.2, 0) is 22.3 Å². The highest BCUT2D eigenvalue weighted by Gasteiger charge is 2.48. The number of ether oxygens (including phenoxy) is 3. The lowest BCUT2D eigenvalue weighted by molar-refractivity contribution is 0.00706. The minimum Gasteiger partial charge on any atom is -0.456 e. The highest BCUT2D eigenvalue weighted by molar-refractivity contribution is 6.31. The lowest BCUT2D eigenvalue weighted by Gasteiger charge is -2.15. The zero-order valence-electron chi connectivity index (χ0n) is 20.0. The Kier molecular flexibility index (Phi) is 5.81. The first-order chi connectivity index (χ1) is 18.4. The van der Waals surface area contributed by atoms with Crippen LogP contribution in [0.3, 0.4) is 0 Å². The number of imidazole rings is 1. The van der Waals surface area contributed by atoms with Gasteiger partial charge in [-0.1, -0.05) is 11.6 Å². The molecule has 1 aliphatic carbocycles. The number of halogens is 3. The molecule has 7 rings (SSSR count). The number of aliphatic hydroxyl groups excluding tert-OH is 1. The number of aromatic nitrogens is 4. The molecule has 0 bridgehead atoms. The van der Waals surface area contributed by atoms with Crippen LogP contribution in [0.5, 0.6) is 6.01 Å². The molecule has 0 saturated carbocycles. The minimum absolute atomic E-state index is 0.0872. The van der Waals surface area contributed by atoms with Gasteiger partial charge in [0.1, 0.15) is 29.9 Å². The molecule has 0 radical (unpaired) electrons. The van der Waals surface area contributed by atoms with Gasteiger partial charge in [0.15, 0.2) is 11.8 Å². The monoisotopic (exact) mass is 540 g/mol. The lowest BCUT2D eigenvalue weighted by Crippen LogP contribution is -2.34. The topological polar surface area (TPSA) is 102 Å². The van der Waals surface area contributed by atoms with E-state index in [0.29, 0.717) is 51.5 Å². The lowest BCUT2D eigenvalue weighted by atomic mass is 9.94. The van der Waals surface area contributed by atoms with Crippen molar-refractivity contribution in [3.05, 3.63) is 70.0 Å². The van der Waals surface area contributed by atoms with Crippen LogP contribution >= 0.6 is 11.6 Å². The maximum Gasteiger partial charge on any atom is 0.296 e. The third-order valence-corrected chi connectivity index (χ3v) is 7.90. The van der Waals surface area contributed by atoms with Gasteiger partial charge in [0.2, 0.25) is 0 Å². The number of nitrogens with zero attached hydrogens (tertiary/aromatic N) is 3. The largest absolute Gasteiger partial charge is 0.456 e. The zero-order valence-corrected chi connectivity index (χ0v) is 20.8. The Morgan fingerprint density at radius 2 is 1.97 bits per heavy atom. The maximum atomic E-state index is 15.3. The number of hydrogen-bond acceptors (Lipinski definition) is 7. The van der Waals surface area contributed by atoms with Crippen LogP contribution in [0.25, 0.3) is 22.4 Å². The molecule has 5 atom stereocenters. The zero-order chi connectivity index (χ0) is 26.0. The summed E-state index contributed by atoms with van der Waals surface area (Å²) in [6, 6.07) is 8.26. The maximum absolute atomic E-state index is 15.3. The molecule has 2 fully saturated rings. The van der Waals surface area contributed by atoms with E-state index < -0.39 is 24.1 Å². The van der Waals surface area contributed by atoms with Gasteiger partial charge in [-0.05, 0) is 66.6 Å². The summed E-state index contributed by atoms with van der Waals surface area (Å²) in [5, 5.41) is 10.4. The van der Waals surface area contributed by atoms with E-state index in [-0.39, 0.29) is 37.1 Å². The van der Waals surface area contributed by atoms with Gasteiger partial charge in [0.05, 0.1) is 41.3 Å². The first-order valence-corrected chi connectivity index (χ1v) is 12.9. The van der Waals surface area contributed by atoms with Crippen LogP contribution in [0.1, 0.15) is 29.2 Å². The van der Waals surface area contributed by atoms with Crippen molar-refractivity contribution in [2.45, 2.75) is 49.6 Å². The second kappa shape index (κ2) is 9.23.